The van der Waals surface area contributed by atoms with Gasteiger partial charge in [0.1, 0.15) is 24.2 Å². The Labute approximate surface area is 235 Å². The largest absolute Gasteiger partial charge is 0.491 e. The summed E-state index contributed by atoms with van der Waals surface area (Å²) in [5.74, 6) is 1.81. The predicted molar refractivity (Wildman–Crippen MR) is 157 cm³/mol. The molecule has 40 heavy (non-hydrogen) atoms. The molecule has 204 valence electrons. The van der Waals surface area contributed by atoms with Crippen molar-refractivity contribution in [2.24, 2.45) is 0 Å². The second-order valence-corrected chi connectivity index (χ2v) is 13.1. The summed E-state index contributed by atoms with van der Waals surface area (Å²) in [6.45, 7) is 5.56. The number of Topliss-reactive ketones (excluding diaryl/α,β-unsaturated/α-hetero) is 1. The van der Waals surface area contributed by atoms with Gasteiger partial charge in [-0.25, -0.2) is 4.89 Å². The number of ether oxygens (including phenoxy) is 3. The number of benzene rings is 4. The molecule has 0 spiro atoms. The molecule has 0 amide bonds. The van der Waals surface area contributed by atoms with Crippen molar-refractivity contribution in [2.45, 2.75) is 25.4 Å². The van der Waals surface area contributed by atoms with Gasteiger partial charge in [0.05, 0.1) is 6.61 Å². The molecule has 2 unspecified atom stereocenters. The SMILES string of the molecule is CC(C)(c1ccc(OCC(=O)C[P+]2(O)Oc3ccccc3-c3ccccc32)cc1)c1ccc(OCC2CO2)cc1. The number of rotatable bonds is 10. The number of para-hydroxylation sites is 1. The van der Waals surface area contributed by atoms with Crippen molar-refractivity contribution in [3.63, 3.8) is 0 Å². The maximum atomic E-state index is 13.0. The van der Waals surface area contributed by atoms with Gasteiger partial charge < -0.3 is 18.7 Å². The summed E-state index contributed by atoms with van der Waals surface area (Å²) >= 11 is 0. The summed E-state index contributed by atoms with van der Waals surface area (Å²) in [5, 5.41) is 0.685. The second kappa shape index (κ2) is 10.7. The molecule has 6 rings (SSSR count). The van der Waals surface area contributed by atoms with Crippen LogP contribution in [-0.2, 0) is 14.9 Å². The third kappa shape index (κ3) is 5.48. The minimum atomic E-state index is -3.18. The summed E-state index contributed by atoms with van der Waals surface area (Å²) in [7, 11) is -3.18. The van der Waals surface area contributed by atoms with Crippen LogP contribution < -0.4 is 19.3 Å². The molecule has 4 aromatic rings. The summed E-state index contributed by atoms with van der Waals surface area (Å²) in [4.78, 5) is 24.5. The smallest absolute Gasteiger partial charge is 0.357 e. The van der Waals surface area contributed by atoms with Crippen LogP contribution in [0.2, 0.25) is 0 Å². The van der Waals surface area contributed by atoms with Crippen molar-refractivity contribution in [3.8, 4) is 28.4 Å². The van der Waals surface area contributed by atoms with Gasteiger partial charge in [0.25, 0.3) is 0 Å². The lowest BCUT2D eigenvalue weighted by Gasteiger charge is -2.27. The standard InChI is InChI=1S/C33H32O6P/c1-33(2,24-13-17-27(18-14-24)37-20-28-21-38-28)23-11-15-26(16-12-23)36-19-25(34)22-40(35)32-10-6-4-8-30(32)29-7-3-5-9-31(29)39-40/h3-18,28,35H,19-22H2,1-2H3/q+1. The van der Waals surface area contributed by atoms with Gasteiger partial charge in [-0.2, -0.15) is 0 Å². The molecule has 0 bridgehead atoms. The van der Waals surface area contributed by atoms with Crippen LogP contribution >= 0.6 is 7.72 Å². The van der Waals surface area contributed by atoms with Gasteiger partial charge in [-0.1, -0.05) is 74.5 Å². The van der Waals surface area contributed by atoms with Gasteiger partial charge in [-0.05, 0) is 47.5 Å². The van der Waals surface area contributed by atoms with Crippen LogP contribution in [0.3, 0.4) is 0 Å². The molecular weight excluding hydrogens is 523 g/mol. The molecule has 1 N–H and O–H groups in total. The number of carbonyl (C=O) groups excluding carboxylic acids is 1. The van der Waals surface area contributed by atoms with Crippen molar-refractivity contribution >= 4 is 18.8 Å². The van der Waals surface area contributed by atoms with Crippen molar-refractivity contribution in [2.75, 3.05) is 26.0 Å². The monoisotopic (exact) mass is 555 g/mol. The van der Waals surface area contributed by atoms with Crippen LogP contribution in [0.4, 0.5) is 0 Å². The zero-order chi connectivity index (χ0) is 27.7. The van der Waals surface area contributed by atoms with E-state index in [1.54, 1.807) is 0 Å². The lowest BCUT2D eigenvalue weighted by Crippen LogP contribution is -2.29. The van der Waals surface area contributed by atoms with Gasteiger partial charge in [0.15, 0.2) is 23.8 Å². The highest BCUT2D eigenvalue weighted by molar-refractivity contribution is 7.74. The third-order valence-corrected chi connectivity index (χ3v) is 9.91. The molecule has 0 aliphatic carbocycles. The van der Waals surface area contributed by atoms with Crippen molar-refractivity contribution in [1.29, 1.82) is 0 Å². The quantitative estimate of drug-likeness (QED) is 0.192. The topological polar surface area (TPSA) is 77.5 Å². The summed E-state index contributed by atoms with van der Waals surface area (Å²) < 4.78 is 22.9. The minimum Gasteiger partial charge on any atom is -0.491 e. The minimum absolute atomic E-state index is 0.114. The van der Waals surface area contributed by atoms with Gasteiger partial charge in [-0.3, -0.25) is 4.79 Å². The predicted octanol–water partition coefficient (Wildman–Crippen LogP) is 5.96. The fraction of sp³-hybridized carbons (Fsp3) is 0.242. The highest BCUT2D eigenvalue weighted by Crippen LogP contribution is 2.60. The van der Waals surface area contributed by atoms with Crippen LogP contribution in [0.5, 0.6) is 17.2 Å². The zero-order valence-corrected chi connectivity index (χ0v) is 23.5. The fourth-order valence-corrected chi connectivity index (χ4v) is 7.29. The first-order valence-corrected chi connectivity index (χ1v) is 15.3. The van der Waals surface area contributed by atoms with Crippen LogP contribution in [0.15, 0.2) is 97.1 Å². The maximum absolute atomic E-state index is 13.0. The maximum Gasteiger partial charge on any atom is 0.357 e. The Morgan fingerprint density at radius 1 is 0.850 bits per heavy atom. The summed E-state index contributed by atoms with van der Waals surface area (Å²) in [6, 6.07) is 31.1. The van der Waals surface area contributed by atoms with Crippen LogP contribution in [0, 0.1) is 0 Å². The fourth-order valence-electron chi connectivity index (χ4n) is 5.01. The average Bonchev–Trinajstić information content (AvgIpc) is 3.80. The Balaban J connectivity index is 1.08. The highest BCUT2D eigenvalue weighted by Gasteiger charge is 2.50. The molecule has 6 nitrogen and oxygen atoms in total. The number of epoxide rings is 1. The van der Waals surface area contributed by atoms with E-state index in [9.17, 15) is 9.69 Å². The molecule has 0 saturated carbocycles. The molecule has 0 radical (unpaired) electrons. The number of carbonyl (C=O) groups is 1. The highest BCUT2D eigenvalue weighted by atomic mass is 31.2. The molecule has 2 atom stereocenters. The molecule has 2 aliphatic rings. The van der Waals surface area contributed by atoms with E-state index in [4.69, 9.17) is 18.7 Å². The lowest BCUT2D eigenvalue weighted by atomic mass is 9.78. The third-order valence-electron chi connectivity index (χ3n) is 7.49. The van der Waals surface area contributed by atoms with E-state index in [0.29, 0.717) is 23.4 Å². The number of fused-ring (bicyclic) bond motifs is 3. The van der Waals surface area contributed by atoms with Crippen LogP contribution in [0.25, 0.3) is 11.1 Å². The summed E-state index contributed by atoms with van der Waals surface area (Å²) in [5.41, 5.74) is 3.88. The van der Waals surface area contributed by atoms with E-state index >= 15 is 0 Å². The van der Waals surface area contributed by atoms with Crippen molar-refractivity contribution < 1.29 is 28.4 Å². The average molecular weight is 556 g/mol. The Morgan fingerprint density at radius 2 is 1.43 bits per heavy atom. The first kappa shape index (κ1) is 26.5. The van der Waals surface area contributed by atoms with Gasteiger partial charge >= 0.3 is 7.72 Å². The molecule has 2 heterocycles. The van der Waals surface area contributed by atoms with E-state index < -0.39 is 7.72 Å². The van der Waals surface area contributed by atoms with Crippen molar-refractivity contribution in [3.05, 3.63) is 108 Å². The Morgan fingerprint density at radius 3 is 2.08 bits per heavy atom. The Hall–Kier alpha value is -3.70. The van der Waals surface area contributed by atoms with Crippen LogP contribution in [0.1, 0.15) is 25.0 Å². The Kier molecular flexibility index (Phi) is 7.09. The first-order valence-electron chi connectivity index (χ1n) is 13.4. The van der Waals surface area contributed by atoms with E-state index in [1.165, 1.54) is 0 Å². The molecule has 2 aliphatic heterocycles. The normalized spacial score (nSPS) is 19.1. The molecular formula is C33H32O6P+. The zero-order valence-electron chi connectivity index (χ0n) is 22.6. The van der Waals surface area contributed by atoms with Gasteiger partial charge in [0, 0.05) is 16.5 Å². The number of hydrogen-bond acceptors (Lipinski definition) is 6. The van der Waals surface area contributed by atoms with Gasteiger partial charge in [-0.15, -0.1) is 0 Å². The van der Waals surface area contributed by atoms with Gasteiger partial charge in [0.2, 0.25) is 5.78 Å². The number of ketones is 1. The molecule has 7 heteroatoms. The second-order valence-electron chi connectivity index (χ2n) is 10.7. The van der Waals surface area contributed by atoms with Crippen LogP contribution in [-0.4, -0.2) is 42.8 Å². The van der Waals surface area contributed by atoms with E-state index in [1.807, 2.05) is 84.9 Å². The van der Waals surface area contributed by atoms with E-state index in [-0.39, 0.29) is 30.1 Å². The number of hydrogen-bond donors (Lipinski definition) is 1. The molecule has 0 aromatic heterocycles. The first-order chi connectivity index (χ1) is 19.3. The summed E-state index contributed by atoms with van der Waals surface area (Å²) in [6.07, 6.45) is 0.116. The molecule has 1 fully saturated rings. The molecule has 1 saturated heterocycles. The lowest BCUT2D eigenvalue weighted by molar-refractivity contribution is -0.118. The van der Waals surface area contributed by atoms with Crippen molar-refractivity contribution in [1.82, 2.24) is 0 Å². The van der Waals surface area contributed by atoms with E-state index in [0.717, 1.165) is 34.6 Å². The Bertz CT molecular complexity index is 1510. The molecule has 4 aromatic carbocycles. The van der Waals surface area contributed by atoms with E-state index in [2.05, 4.69) is 26.0 Å².